The first-order chi connectivity index (χ1) is 5.82. The summed E-state index contributed by atoms with van der Waals surface area (Å²) >= 11 is 3.59. The number of nitrogen functional groups attached to an aromatic ring is 1. The minimum absolute atomic E-state index is 0.203. The number of rotatable bonds is 0. The van der Waals surface area contributed by atoms with E-state index in [4.69, 9.17) is 5.73 Å². The van der Waals surface area contributed by atoms with E-state index >= 15 is 0 Å². The van der Waals surface area contributed by atoms with Gasteiger partial charge in [0.25, 0.3) is 0 Å². The third-order valence-corrected chi connectivity index (χ3v) is 1.77. The topological polar surface area (TPSA) is 26.0 Å². The smallest absolute Gasteiger partial charge is 0.398 e. The molecular weight excluding hydrogens is 206 g/mol. The summed E-state index contributed by atoms with van der Waals surface area (Å²) < 4.78 is 48.9. The maximum Gasteiger partial charge on any atom is 0.418 e. The molecule has 0 heterocycles. The number of alkyl halides is 3. The van der Waals surface area contributed by atoms with Gasteiger partial charge in [0.2, 0.25) is 0 Å². The van der Waals surface area contributed by atoms with Crippen molar-refractivity contribution in [3.63, 3.8) is 0 Å². The molecule has 6 heteroatoms. The van der Waals surface area contributed by atoms with Crippen molar-refractivity contribution in [2.24, 2.45) is 0 Å². The molecule has 1 nitrogen and oxygen atoms in total. The second-order valence-corrected chi connectivity index (χ2v) is 2.87. The minimum atomic E-state index is -4.63. The van der Waals surface area contributed by atoms with Gasteiger partial charge in [0.1, 0.15) is 5.82 Å². The molecule has 13 heavy (non-hydrogen) atoms. The van der Waals surface area contributed by atoms with Crippen LogP contribution in [0.3, 0.4) is 0 Å². The van der Waals surface area contributed by atoms with E-state index in [0.29, 0.717) is 6.07 Å². The predicted octanol–water partition coefficient (Wildman–Crippen LogP) is 2.72. The Bertz CT molecular complexity index is 334. The first-order valence-corrected chi connectivity index (χ1v) is 3.62. The summed E-state index contributed by atoms with van der Waals surface area (Å²) in [7, 11) is 0. The summed E-state index contributed by atoms with van der Waals surface area (Å²) in [5.41, 5.74) is 3.33. The lowest BCUT2D eigenvalue weighted by molar-refractivity contribution is -0.137. The number of halogens is 4. The number of nitrogens with two attached hydrogens (primary N) is 1. The van der Waals surface area contributed by atoms with Crippen molar-refractivity contribution >= 4 is 18.3 Å². The SMILES string of the molecule is Nc1cc(S)c(F)cc1C(F)(F)F. The molecule has 0 aliphatic rings. The molecule has 2 N–H and O–H groups in total. The van der Waals surface area contributed by atoms with E-state index in [1.54, 1.807) is 0 Å². The summed E-state index contributed by atoms with van der Waals surface area (Å²) in [6.45, 7) is 0. The van der Waals surface area contributed by atoms with Gasteiger partial charge in [-0.3, -0.25) is 0 Å². The lowest BCUT2D eigenvalue weighted by atomic mass is 10.1. The third-order valence-electron chi connectivity index (χ3n) is 1.42. The predicted molar refractivity (Wildman–Crippen MR) is 43.1 cm³/mol. The molecule has 1 rings (SSSR count). The second kappa shape index (κ2) is 3.10. The second-order valence-electron chi connectivity index (χ2n) is 2.39. The van der Waals surface area contributed by atoms with Crippen LogP contribution in [0.2, 0.25) is 0 Å². The fourth-order valence-electron chi connectivity index (χ4n) is 0.823. The lowest BCUT2D eigenvalue weighted by Crippen LogP contribution is -2.09. The lowest BCUT2D eigenvalue weighted by Gasteiger charge is -2.10. The fraction of sp³-hybridized carbons (Fsp3) is 0.143. The van der Waals surface area contributed by atoms with Gasteiger partial charge in [0, 0.05) is 10.6 Å². The Morgan fingerprint density at radius 1 is 1.23 bits per heavy atom. The Hall–Kier alpha value is -0.910. The van der Waals surface area contributed by atoms with Crippen LogP contribution in [-0.2, 0) is 6.18 Å². The van der Waals surface area contributed by atoms with Gasteiger partial charge in [-0.15, -0.1) is 12.6 Å². The molecule has 0 aliphatic heterocycles. The van der Waals surface area contributed by atoms with Gasteiger partial charge in [-0.25, -0.2) is 4.39 Å². The maximum atomic E-state index is 12.7. The molecule has 1 aromatic carbocycles. The van der Waals surface area contributed by atoms with Crippen molar-refractivity contribution in [2.45, 2.75) is 11.1 Å². The molecule has 0 unspecified atom stereocenters. The number of thiol groups is 1. The zero-order valence-corrected chi connectivity index (χ0v) is 7.09. The van der Waals surface area contributed by atoms with E-state index in [1.165, 1.54) is 0 Å². The molecule has 0 amide bonds. The zero-order chi connectivity index (χ0) is 10.2. The summed E-state index contributed by atoms with van der Waals surface area (Å²) in [5.74, 6) is -1.04. The van der Waals surface area contributed by atoms with Crippen molar-refractivity contribution in [3.05, 3.63) is 23.5 Å². The van der Waals surface area contributed by atoms with Crippen LogP contribution in [0.4, 0.5) is 23.2 Å². The summed E-state index contributed by atoms with van der Waals surface area (Å²) in [6.07, 6.45) is -4.63. The van der Waals surface area contributed by atoms with E-state index in [1.807, 2.05) is 0 Å². The highest BCUT2D eigenvalue weighted by atomic mass is 32.1. The van der Waals surface area contributed by atoms with Crippen LogP contribution in [-0.4, -0.2) is 0 Å². The molecule has 0 atom stereocenters. The minimum Gasteiger partial charge on any atom is -0.398 e. The normalized spacial score (nSPS) is 11.8. The average molecular weight is 211 g/mol. The van der Waals surface area contributed by atoms with Crippen molar-refractivity contribution in [1.82, 2.24) is 0 Å². The average Bonchev–Trinajstić information content (AvgIpc) is 1.94. The van der Waals surface area contributed by atoms with Gasteiger partial charge in [-0.05, 0) is 12.1 Å². The largest absolute Gasteiger partial charge is 0.418 e. The molecule has 0 radical (unpaired) electrons. The van der Waals surface area contributed by atoms with Gasteiger partial charge in [0.05, 0.1) is 5.56 Å². The maximum absolute atomic E-state index is 12.7. The Morgan fingerprint density at radius 2 is 1.77 bits per heavy atom. The Kier molecular flexibility index (Phi) is 2.42. The van der Waals surface area contributed by atoms with Crippen LogP contribution < -0.4 is 5.73 Å². The van der Waals surface area contributed by atoms with Crippen LogP contribution >= 0.6 is 12.6 Å². The summed E-state index contributed by atoms with van der Waals surface area (Å²) in [5, 5.41) is 0. The first kappa shape index (κ1) is 10.2. The van der Waals surface area contributed by atoms with E-state index < -0.39 is 23.2 Å². The Labute approximate surface area is 77.0 Å². The van der Waals surface area contributed by atoms with Gasteiger partial charge >= 0.3 is 6.18 Å². The molecule has 72 valence electrons. The standard InChI is InChI=1S/C7H5F4NS/c8-4-1-3(7(9,10)11)5(12)2-6(4)13/h1-2,13H,12H2. The van der Waals surface area contributed by atoms with Crippen molar-refractivity contribution in [3.8, 4) is 0 Å². The van der Waals surface area contributed by atoms with E-state index in [-0.39, 0.29) is 4.90 Å². The molecule has 0 saturated heterocycles. The first-order valence-electron chi connectivity index (χ1n) is 3.17. The van der Waals surface area contributed by atoms with Crippen molar-refractivity contribution < 1.29 is 17.6 Å². The summed E-state index contributed by atoms with van der Waals surface area (Å²) in [4.78, 5) is -0.203. The third kappa shape index (κ3) is 2.06. The molecule has 1 aromatic rings. The molecular formula is C7H5F4NS. The number of hydrogen-bond donors (Lipinski definition) is 2. The molecule has 0 fully saturated rings. The van der Waals surface area contributed by atoms with E-state index in [0.717, 1.165) is 6.07 Å². The van der Waals surface area contributed by atoms with E-state index in [9.17, 15) is 17.6 Å². The van der Waals surface area contributed by atoms with Gasteiger partial charge in [-0.1, -0.05) is 0 Å². The van der Waals surface area contributed by atoms with Crippen LogP contribution in [0.5, 0.6) is 0 Å². The monoisotopic (exact) mass is 211 g/mol. The molecule has 0 spiro atoms. The van der Waals surface area contributed by atoms with Crippen LogP contribution in [0.1, 0.15) is 5.56 Å². The highest BCUT2D eigenvalue weighted by Crippen LogP contribution is 2.35. The van der Waals surface area contributed by atoms with Crippen LogP contribution in [0.25, 0.3) is 0 Å². The number of anilines is 1. The van der Waals surface area contributed by atoms with Gasteiger partial charge < -0.3 is 5.73 Å². The van der Waals surface area contributed by atoms with Crippen molar-refractivity contribution in [1.29, 1.82) is 0 Å². The molecule has 0 aliphatic carbocycles. The van der Waals surface area contributed by atoms with Gasteiger partial charge in [0.15, 0.2) is 0 Å². The molecule has 0 saturated carbocycles. The Balaban J connectivity index is 3.32. The summed E-state index contributed by atoms with van der Waals surface area (Å²) in [6, 6.07) is 1.17. The van der Waals surface area contributed by atoms with E-state index in [2.05, 4.69) is 12.6 Å². The van der Waals surface area contributed by atoms with Gasteiger partial charge in [-0.2, -0.15) is 13.2 Å². The van der Waals surface area contributed by atoms with Crippen LogP contribution in [0.15, 0.2) is 17.0 Å². The molecule has 0 bridgehead atoms. The number of benzene rings is 1. The zero-order valence-electron chi connectivity index (χ0n) is 6.19. The Morgan fingerprint density at radius 3 is 2.23 bits per heavy atom. The number of hydrogen-bond acceptors (Lipinski definition) is 2. The molecule has 0 aromatic heterocycles. The highest BCUT2D eigenvalue weighted by molar-refractivity contribution is 7.80. The quantitative estimate of drug-likeness (QED) is 0.385. The highest BCUT2D eigenvalue weighted by Gasteiger charge is 2.33. The van der Waals surface area contributed by atoms with Crippen molar-refractivity contribution in [2.75, 3.05) is 5.73 Å². The van der Waals surface area contributed by atoms with Crippen LogP contribution in [0, 0.1) is 5.82 Å². The fourth-order valence-corrected chi connectivity index (χ4v) is 1.03.